The highest BCUT2D eigenvalue weighted by atomic mass is 32.2. The number of benzene rings is 2. The molecule has 0 saturated carbocycles. The van der Waals surface area contributed by atoms with Crippen LogP contribution in [0.5, 0.6) is 0 Å². The highest BCUT2D eigenvalue weighted by Crippen LogP contribution is 2.32. The van der Waals surface area contributed by atoms with E-state index in [9.17, 15) is 4.79 Å². The maximum Gasteiger partial charge on any atom is 0.240 e. The van der Waals surface area contributed by atoms with E-state index in [0.717, 1.165) is 26.4 Å². The second kappa shape index (κ2) is 8.33. The first-order valence-corrected chi connectivity index (χ1v) is 9.89. The Morgan fingerprint density at radius 1 is 1.12 bits per heavy atom. The summed E-state index contributed by atoms with van der Waals surface area (Å²) in [6, 6.07) is 17.6. The van der Waals surface area contributed by atoms with Gasteiger partial charge in [0.2, 0.25) is 11.0 Å². The third-order valence-electron chi connectivity index (χ3n) is 3.89. The second-order valence-electron chi connectivity index (χ2n) is 5.81. The maximum absolute atomic E-state index is 12.6. The van der Waals surface area contributed by atoms with Crippen LogP contribution in [0.15, 0.2) is 58.9 Å². The van der Waals surface area contributed by atoms with E-state index in [1.54, 1.807) is 11.9 Å². The summed E-state index contributed by atoms with van der Waals surface area (Å²) < 4.78 is 0.767. The minimum absolute atomic E-state index is 0.0322. The first kappa shape index (κ1) is 18.4. The molecule has 0 fully saturated rings. The standard InChI is InChI=1S/C19H20N4OS2/c1-13-9-7-8-12-16(13)20-18-21-22-19(26-18)25-14(2)17(24)23(3)15-10-5-4-6-11-15/h4-12,14H,1-3H3,(H,20,21)/t14-/m0/s1. The maximum atomic E-state index is 12.6. The molecule has 1 heterocycles. The van der Waals surface area contributed by atoms with Crippen LogP contribution in [0.1, 0.15) is 12.5 Å². The molecule has 7 heteroatoms. The molecule has 1 atom stereocenters. The summed E-state index contributed by atoms with van der Waals surface area (Å²) in [6.45, 7) is 3.93. The van der Waals surface area contributed by atoms with Crippen LogP contribution in [0, 0.1) is 6.92 Å². The minimum Gasteiger partial charge on any atom is -0.330 e. The van der Waals surface area contributed by atoms with Crippen molar-refractivity contribution in [2.45, 2.75) is 23.4 Å². The van der Waals surface area contributed by atoms with Crippen LogP contribution in [0.2, 0.25) is 0 Å². The van der Waals surface area contributed by atoms with E-state index >= 15 is 0 Å². The predicted molar refractivity (Wildman–Crippen MR) is 110 cm³/mol. The van der Waals surface area contributed by atoms with E-state index in [0.29, 0.717) is 0 Å². The Balaban J connectivity index is 1.63. The third kappa shape index (κ3) is 4.42. The van der Waals surface area contributed by atoms with Crippen molar-refractivity contribution in [1.82, 2.24) is 10.2 Å². The molecule has 0 aliphatic heterocycles. The lowest BCUT2D eigenvalue weighted by Crippen LogP contribution is -2.33. The average molecular weight is 385 g/mol. The Morgan fingerprint density at radius 2 is 1.81 bits per heavy atom. The zero-order valence-electron chi connectivity index (χ0n) is 14.8. The van der Waals surface area contributed by atoms with Gasteiger partial charge in [-0.3, -0.25) is 4.79 Å². The Kier molecular flexibility index (Phi) is 5.90. The summed E-state index contributed by atoms with van der Waals surface area (Å²) in [5, 5.41) is 12.1. The van der Waals surface area contributed by atoms with Gasteiger partial charge in [0, 0.05) is 18.4 Å². The highest BCUT2D eigenvalue weighted by Gasteiger charge is 2.21. The van der Waals surface area contributed by atoms with Crippen molar-refractivity contribution in [1.29, 1.82) is 0 Å². The van der Waals surface area contributed by atoms with Gasteiger partial charge in [-0.15, -0.1) is 10.2 Å². The number of hydrogen-bond donors (Lipinski definition) is 1. The Labute approximate surface area is 161 Å². The van der Waals surface area contributed by atoms with Crippen LogP contribution in [0.3, 0.4) is 0 Å². The summed E-state index contributed by atoms with van der Waals surface area (Å²) in [6.07, 6.45) is 0. The van der Waals surface area contributed by atoms with E-state index in [1.165, 1.54) is 23.1 Å². The van der Waals surface area contributed by atoms with Crippen molar-refractivity contribution >= 4 is 45.5 Å². The molecule has 0 bridgehead atoms. The van der Waals surface area contributed by atoms with E-state index in [4.69, 9.17) is 0 Å². The molecule has 134 valence electrons. The smallest absolute Gasteiger partial charge is 0.240 e. The Bertz CT molecular complexity index is 882. The zero-order chi connectivity index (χ0) is 18.5. The van der Waals surface area contributed by atoms with Gasteiger partial charge in [-0.25, -0.2) is 0 Å². The van der Waals surface area contributed by atoms with Gasteiger partial charge in [0.1, 0.15) is 0 Å². The molecule has 0 aliphatic rings. The number of carbonyl (C=O) groups excluding carboxylic acids is 1. The number of carbonyl (C=O) groups is 1. The summed E-state index contributed by atoms with van der Waals surface area (Å²) in [5.41, 5.74) is 3.03. The number of thioether (sulfide) groups is 1. The molecule has 3 aromatic rings. The molecule has 0 aliphatic carbocycles. The molecular formula is C19H20N4OS2. The van der Waals surface area contributed by atoms with E-state index in [2.05, 4.69) is 15.5 Å². The number of hydrogen-bond acceptors (Lipinski definition) is 6. The van der Waals surface area contributed by atoms with Crippen LogP contribution in [0.25, 0.3) is 0 Å². The number of nitrogens with one attached hydrogen (secondary N) is 1. The third-order valence-corrected chi connectivity index (χ3v) is 5.90. The molecule has 0 radical (unpaired) electrons. The molecule has 1 aromatic heterocycles. The molecular weight excluding hydrogens is 364 g/mol. The lowest BCUT2D eigenvalue weighted by Gasteiger charge is -2.20. The van der Waals surface area contributed by atoms with Crippen molar-refractivity contribution in [3.05, 3.63) is 60.2 Å². The zero-order valence-corrected chi connectivity index (χ0v) is 16.5. The van der Waals surface area contributed by atoms with Gasteiger partial charge >= 0.3 is 0 Å². The van der Waals surface area contributed by atoms with Gasteiger partial charge in [-0.1, -0.05) is 59.5 Å². The molecule has 0 saturated heterocycles. The lowest BCUT2D eigenvalue weighted by molar-refractivity contribution is -0.117. The van der Waals surface area contributed by atoms with Gasteiger partial charge in [0.25, 0.3) is 0 Å². The van der Waals surface area contributed by atoms with Crippen LogP contribution in [-0.4, -0.2) is 28.4 Å². The van der Waals surface area contributed by atoms with Crippen molar-refractivity contribution in [2.24, 2.45) is 0 Å². The quantitative estimate of drug-likeness (QED) is 0.623. The van der Waals surface area contributed by atoms with E-state index in [-0.39, 0.29) is 11.2 Å². The van der Waals surface area contributed by atoms with Crippen LogP contribution in [0.4, 0.5) is 16.5 Å². The van der Waals surface area contributed by atoms with Crippen molar-refractivity contribution in [2.75, 3.05) is 17.3 Å². The molecule has 2 aromatic carbocycles. The normalized spacial score (nSPS) is 11.8. The number of aryl methyl sites for hydroxylation is 1. The molecule has 26 heavy (non-hydrogen) atoms. The largest absolute Gasteiger partial charge is 0.330 e. The minimum atomic E-state index is -0.250. The second-order valence-corrected chi connectivity index (χ2v) is 8.37. The summed E-state index contributed by atoms with van der Waals surface area (Å²) in [4.78, 5) is 14.3. The number of amides is 1. The van der Waals surface area contributed by atoms with Crippen molar-refractivity contribution < 1.29 is 4.79 Å². The summed E-state index contributed by atoms with van der Waals surface area (Å²) >= 11 is 2.87. The van der Waals surface area contributed by atoms with Crippen molar-refractivity contribution in [3.63, 3.8) is 0 Å². The predicted octanol–water partition coefficient (Wildman–Crippen LogP) is 4.73. The summed E-state index contributed by atoms with van der Waals surface area (Å²) in [7, 11) is 1.79. The number of rotatable bonds is 6. The first-order chi connectivity index (χ1) is 12.5. The van der Waals surface area contributed by atoms with E-state index in [1.807, 2.05) is 68.4 Å². The molecule has 0 spiro atoms. The number of nitrogens with zero attached hydrogens (tertiary/aromatic N) is 3. The van der Waals surface area contributed by atoms with Crippen LogP contribution in [-0.2, 0) is 4.79 Å². The van der Waals surface area contributed by atoms with Gasteiger partial charge < -0.3 is 10.2 Å². The number of anilines is 3. The highest BCUT2D eigenvalue weighted by molar-refractivity contribution is 8.02. The van der Waals surface area contributed by atoms with E-state index < -0.39 is 0 Å². The SMILES string of the molecule is Cc1ccccc1Nc1nnc(S[C@@H](C)C(=O)N(C)c2ccccc2)s1. The first-order valence-electron chi connectivity index (χ1n) is 8.20. The summed E-state index contributed by atoms with van der Waals surface area (Å²) in [5.74, 6) is 0.0322. The van der Waals surface area contributed by atoms with Gasteiger partial charge in [-0.2, -0.15) is 0 Å². The molecule has 1 amide bonds. The van der Waals surface area contributed by atoms with Crippen LogP contribution < -0.4 is 10.2 Å². The van der Waals surface area contributed by atoms with Crippen LogP contribution >= 0.6 is 23.1 Å². The van der Waals surface area contributed by atoms with Gasteiger partial charge in [-0.05, 0) is 37.6 Å². The topological polar surface area (TPSA) is 58.1 Å². The molecule has 1 N–H and O–H groups in total. The van der Waals surface area contributed by atoms with Gasteiger partial charge in [0.15, 0.2) is 4.34 Å². The monoisotopic (exact) mass is 384 g/mol. The molecule has 5 nitrogen and oxygen atoms in total. The Morgan fingerprint density at radius 3 is 2.54 bits per heavy atom. The molecule has 0 unspecified atom stereocenters. The molecule has 3 rings (SSSR count). The number of aromatic nitrogens is 2. The van der Waals surface area contributed by atoms with Gasteiger partial charge in [0.05, 0.1) is 5.25 Å². The average Bonchev–Trinajstić information content (AvgIpc) is 3.10. The fourth-order valence-corrected chi connectivity index (χ4v) is 4.39. The fourth-order valence-electron chi connectivity index (χ4n) is 2.39. The van der Waals surface area contributed by atoms with Crippen molar-refractivity contribution in [3.8, 4) is 0 Å². The fraction of sp³-hybridized carbons (Fsp3) is 0.211. The number of para-hydroxylation sites is 2. The lowest BCUT2D eigenvalue weighted by atomic mass is 10.2. The Hall–Kier alpha value is -2.38.